The lowest BCUT2D eigenvalue weighted by molar-refractivity contribution is -0.223. The van der Waals surface area contributed by atoms with E-state index in [1.165, 1.54) is 0 Å². The summed E-state index contributed by atoms with van der Waals surface area (Å²) in [6.45, 7) is 5.16. The number of ether oxygens (including phenoxy) is 2. The maximum Gasteiger partial charge on any atom is 0.396 e. The number of rotatable bonds is 2. The van der Waals surface area contributed by atoms with Gasteiger partial charge >= 0.3 is 6.18 Å². The highest BCUT2D eigenvalue weighted by Crippen LogP contribution is 2.47. The summed E-state index contributed by atoms with van der Waals surface area (Å²) in [5.41, 5.74) is 0.920. The number of fused-ring (bicyclic) bond motifs is 1. The van der Waals surface area contributed by atoms with E-state index in [4.69, 9.17) is 9.47 Å². The standard InChI is InChI=1S/C13H15F3O2/c1-8(2)12(7-13(14,15)16)17-10-5-4-9(3)6-11(10)18-12/h4-6,8H,7H2,1-3H3. The SMILES string of the molecule is Cc1ccc2c(c1)OC(CC(F)(F)F)(C(C)C)O2. The summed E-state index contributed by atoms with van der Waals surface area (Å²) in [7, 11) is 0. The summed E-state index contributed by atoms with van der Waals surface area (Å²) in [5, 5.41) is 0. The molecule has 1 atom stereocenters. The van der Waals surface area contributed by atoms with E-state index < -0.39 is 24.3 Å². The van der Waals surface area contributed by atoms with Gasteiger partial charge in [-0.05, 0) is 24.6 Å². The number of aryl methyl sites for hydroxylation is 1. The van der Waals surface area contributed by atoms with Crippen LogP contribution >= 0.6 is 0 Å². The molecule has 0 aromatic heterocycles. The molecule has 1 aliphatic heterocycles. The second kappa shape index (κ2) is 4.07. The van der Waals surface area contributed by atoms with Gasteiger partial charge in [0.1, 0.15) is 6.42 Å². The van der Waals surface area contributed by atoms with E-state index in [1.807, 2.05) is 6.92 Å². The van der Waals surface area contributed by atoms with Crippen LogP contribution in [-0.2, 0) is 0 Å². The quantitative estimate of drug-likeness (QED) is 0.798. The Labute approximate surface area is 104 Å². The monoisotopic (exact) mass is 260 g/mol. The molecule has 0 bridgehead atoms. The Morgan fingerprint density at radius 3 is 2.33 bits per heavy atom. The Hall–Kier alpha value is -1.39. The molecule has 0 saturated carbocycles. The van der Waals surface area contributed by atoms with E-state index in [9.17, 15) is 13.2 Å². The van der Waals surface area contributed by atoms with Gasteiger partial charge in [0, 0.05) is 5.92 Å². The third-order valence-electron chi connectivity index (χ3n) is 2.99. The van der Waals surface area contributed by atoms with Gasteiger partial charge in [-0.25, -0.2) is 0 Å². The number of hydrogen-bond acceptors (Lipinski definition) is 2. The number of hydrogen-bond donors (Lipinski definition) is 0. The summed E-state index contributed by atoms with van der Waals surface area (Å²) in [4.78, 5) is 0. The minimum absolute atomic E-state index is 0.374. The molecular weight excluding hydrogens is 245 g/mol. The Balaban J connectivity index is 2.32. The van der Waals surface area contributed by atoms with Crippen molar-refractivity contribution in [3.8, 4) is 11.5 Å². The van der Waals surface area contributed by atoms with Gasteiger partial charge in [-0.2, -0.15) is 13.2 Å². The highest BCUT2D eigenvalue weighted by Gasteiger charge is 2.52. The molecule has 2 nitrogen and oxygen atoms in total. The summed E-state index contributed by atoms with van der Waals surface area (Å²) in [6, 6.07) is 5.12. The van der Waals surface area contributed by atoms with Crippen molar-refractivity contribution in [2.24, 2.45) is 5.92 Å². The smallest absolute Gasteiger partial charge is 0.396 e. The molecule has 1 aliphatic rings. The van der Waals surface area contributed by atoms with Gasteiger partial charge in [-0.3, -0.25) is 0 Å². The summed E-state index contributed by atoms with van der Waals surface area (Å²) in [5.74, 6) is -1.30. The Morgan fingerprint density at radius 1 is 1.17 bits per heavy atom. The van der Waals surface area contributed by atoms with Crippen molar-refractivity contribution in [3.63, 3.8) is 0 Å². The zero-order chi connectivity index (χ0) is 13.6. The van der Waals surface area contributed by atoms with E-state index in [1.54, 1.807) is 32.0 Å². The van der Waals surface area contributed by atoms with Gasteiger partial charge in [0.25, 0.3) is 5.79 Å². The van der Waals surface area contributed by atoms with Gasteiger partial charge in [0.05, 0.1) is 0 Å². The molecule has 18 heavy (non-hydrogen) atoms. The van der Waals surface area contributed by atoms with Crippen molar-refractivity contribution in [1.82, 2.24) is 0 Å². The molecule has 100 valence electrons. The van der Waals surface area contributed by atoms with Crippen molar-refractivity contribution in [2.75, 3.05) is 0 Å². The molecule has 0 amide bonds. The average molecular weight is 260 g/mol. The molecular formula is C13H15F3O2. The predicted molar refractivity (Wildman–Crippen MR) is 60.7 cm³/mol. The molecule has 5 heteroatoms. The van der Waals surface area contributed by atoms with Crippen molar-refractivity contribution in [3.05, 3.63) is 23.8 Å². The Morgan fingerprint density at radius 2 is 1.78 bits per heavy atom. The van der Waals surface area contributed by atoms with Crippen LogP contribution in [0.25, 0.3) is 0 Å². The van der Waals surface area contributed by atoms with E-state index in [0.717, 1.165) is 5.56 Å². The minimum atomic E-state index is -4.33. The molecule has 1 heterocycles. The molecule has 0 aliphatic carbocycles. The molecule has 0 saturated heterocycles. The van der Waals surface area contributed by atoms with Crippen LogP contribution in [0.3, 0.4) is 0 Å². The fourth-order valence-electron chi connectivity index (χ4n) is 1.96. The lowest BCUT2D eigenvalue weighted by atomic mass is 9.99. The zero-order valence-electron chi connectivity index (χ0n) is 10.5. The van der Waals surface area contributed by atoms with Crippen LogP contribution in [0.2, 0.25) is 0 Å². The van der Waals surface area contributed by atoms with Crippen molar-refractivity contribution in [1.29, 1.82) is 0 Å². The Bertz CT molecular complexity index is 454. The Kier molecular flexibility index (Phi) is 2.95. The number of halogens is 3. The van der Waals surface area contributed by atoms with Crippen LogP contribution in [0, 0.1) is 12.8 Å². The van der Waals surface area contributed by atoms with E-state index in [-0.39, 0.29) is 0 Å². The van der Waals surface area contributed by atoms with Crippen LogP contribution in [0.5, 0.6) is 11.5 Å². The molecule has 0 fully saturated rings. The first-order chi connectivity index (χ1) is 8.22. The summed E-state index contributed by atoms with van der Waals surface area (Å²) >= 11 is 0. The zero-order valence-corrected chi connectivity index (χ0v) is 10.5. The van der Waals surface area contributed by atoms with Crippen molar-refractivity contribution >= 4 is 0 Å². The van der Waals surface area contributed by atoms with Crippen LogP contribution in [0.15, 0.2) is 18.2 Å². The summed E-state index contributed by atoms with van der Waals surface area (Å²) in [6.07, 6.45) is -5.45. The van der Waals surface area contributed by atoms with E-state index >= 15 is 0 Å². The topological polar surface area (TPSA) is 18.5 Å². The third-order valence-corrected chi connectivity index (χ3v) is 2.99. The molecule has 0 spiro atoms. The highest BCUT2D eigenvalue weighted by atomic mass is 19.4. The van der Waals surface area contributed by atoms with Gasteiger partial charge < -0.3 is 9.47 Å². The first-order valence-corrected chi connectivity index (χ1v) is 5.77. The van der Waals surface area contributed by atoms with Gasteiger partial charge in [-0.1, -0.05) is 19.9 Å². The van der Waals surface area contributed by atoms with Crippen molar-refractivity contribution in [2.45, 2.75) is 39.2 Å². The third kappa shape index (κ3) is 2.40. The average Bonchev–Trinajstić information content (AvgIpc) is 2.53. The molecule has 0 N–H and O–H groups in total. The molecule has 1 aromatic carbocycles. The second-order valence-electron chi connectivity index (χ2n) is 4.91. The van der Waals surface area contributed by atoms with Crippen LogP contribution < -0.4 is 9.47 Å². The van der Waals surface area contributed by atoms with Gasteiger partial charge in [0.15, 0.2) is 11.5 Å². The summed E-state index contributed by atoms with van der Waals surface area (Å²) < 4.78 is 48.9. The minimum Gasteiger partial charge on any atom is -0.448 e. The lowest BCUT2D eigenvalue weighted by Gasteiger charge is -2.32. The maximum absolute atomic E-state index is 12.7. The number of alkyl halides is 3. The van der Waals surface area contributed by atoms with Crippen LogP contribution in [0.1, 0.15) is 25.8 Å². The van der Waals surface area contributed by atoms with Crippen LogP contribution in [0.4, 0.5) is 13.2 Å². The normalized spacial score (nSPS) is 22.6. The first-order valence-electron chi connectivity index (χ1n) is 5.77. The maximum atomic E-state index is 12.7. The second-order valence-corrected chi connectivity index (χ2v) is 4.91. The molecule has 1 aromatic rings. The molecule has 0 radical (unpaired) electrons. The van der Waals surface area contributed by atoms with Crippen LogP contribution in [-0.4, -0.2) is 12.0 Å². The van der Waals surface area contributed by atoms with Gasteiger partial charge in [0.2, 0.25) is 0 Å². The highest BCUT2D eigenvalue weighted by molar-refractivity contribution is 5.45. The first kappa shape index (κ1) is 13.1. The molecule has 1 unspecified atom stereocenters. The molecule has 2 rings (SSSR count). The van der Waals surface area contributed by atoms with E-state index in [2.05, 4.69) is 0 Å². The van der Waals surface area contributed by atoms with E-state index in [0.29, 0.717) is 11.5 Å². The fourth-order valence-corrected chi connectivity index (χ4v) is 1.96. The fraction of sp³-hybridized carbons (Fsp3) is 0.538. The number of benzene rings is 1. The van der Waals surface area contributed by atoms with Gasteiger partial charge in [-0.15, -0.1) is 0 Å². The van der Waals surface area contributed by atoms with Crippen molar-refractivity contribution < 1.29 is 22.6 Å². The lowest BCUT2D eigenvalue weighted by Crippen LogP contribution is -2.47. The predicted octanol–water partition coefficient (Wildman–Crippen LogP) is 4.07. The largest absolute Gasteiger partial charge is 0.448 e.